The molecule has 0 spiro atoms. The summed E-state index contributed by atoms with van der Waals surface area (Å²) in [4.78, 5) is 32.0. The summed E-state index contributed by atoms with van der Waals surface area (Å²) in [6, 6.07) is 15.7. The lowest BCUT2D eigenvalue weighted by Crippen LogP contribution is -2.29. The molecule has 0 aliphatic carbocycles. The largest absolute Gasteiger partial charge is 0.506 e. The number of ether oxygens (including phenoxy) is 2. The molecular formula is C24H19ClN2O5. The molecule has 0 bridgehead atoms. The van der Waals surface area contributed by atoms with Gasteiger partial charge >= 0.3 is 0 Å². The molecule has 4 rings (SSSR count). The fourth-order valence-corrected chi connectivity index (χ4v) is 3.95. The number of carbonyl (C=O) groups excluding carboxylic acids is 2. The first-order chi connectivity index (χ1) is 15.5. The molecule has 8 heteroatoms. The van der Waals surface area contributed by atoms with Crippen molar-refractivity contribution in [3.8, 4) is 11.5 Å². The van der Waals surface area contributed by atoms with E-state index in [1.54, 1.807) is 66.9 Å². The number of methoxy groups -OCH3 is 2. The highest BCUT2D eigenvalue weighted by Gasteiger charge is 2.48. The van der Waals surface area contributed by atoms with E-state index in [9.17, 15) is 14.7 Å². The first kappa shape index (κ1) is 21.4. The second-order valence-corrected chi connectivity index (χ2v) is 7.38. The quantitative estimate of drug-likeness (QED) is 0.352. The van der Waals surface area contributed by atoms with Crippen molar-refractivity contribution in [1.82, 2.24) is 4.98 Å². The summed E-state index contributed by atoms with van der Waals surface area (Å²) in [5.41, 5.74) is 0.849. The molecule has 0 saturated carbocycles. The van der Waals surface area contributed by atoms with Crippen LogP contribution < -0.4 is 14.4 Å². The second-order valence-electron chi connectivity index (χ2n) is 6.94. The number of pyridine rings is 1. The molecule has 0 radical (unpaired) electrons. The number of hydrogen-bond donors (Lipinski definition) is 1. The van der Waals surface area contributed by atoms with Gasteiger partial charge in [0, 0.05) is 16.9 Å². The van der Waals surface area contributed by atoms with Crippen molar-refractivity contribution in [3.05, 3.63) is 88.7 Å². The zero-order chi connectivity index (χ0) is 22.8. The Kier molecular flexibility index (Phi) is 5.83. The fourth-order valence-electron chi connectivity index (χ4n) is 3.76. The molecule has 1 aromatic heterocycles. The minimum absolute atomic E-state index is 0.128. The zero-order valence-corrected chi connectivity index (χ0v) is 18.0. The number of ketones is 1. The van der Waals surface area contributed by atoms with Crippen LogP contribution in [0.15, 0.2) is 72.4 Å². The Bertz CT molecular complexity index is 1200. The van der Waals surface area contributed by atoms with Gasteiger partial charge in [-0.25, -0.2) is 0 Å². The zero-order valence-electron chi connectivity index (χ0n) is 17.3. The van der Waals surface area contributed by atoms with Gasteiger partial charge in [-0.3, -0.25) is 19.5 Å². The number of carbonyl (C=O) groups is 2. The maximum atomic E-state index is 13.2. The van der Waals surface area contributed by atoms with Crippen molar-refractivity contribution >= 4 is 34.7 Å². The van der Waals surface area contributed by atoms with Crippen molar-refractivity contribution in [1.29, 1.82) is 0 Å². The third-order valence-corrected chi connectivity index (χ3v) is 5.40. The van der Waals surface area contributed by atoms with E-state index >= 15 is 0 Å². The molecule has 1 N–H and O–H groups in total. The fraction of sp³-hybridized carbons (Fsp3) is 0.125. The van der Waals surface area contributed by atoms with Crippen molar-refractivity contribution < 1.29 is 24.2 Å². The highest BCUT2D eigenvalue weighted by molar-refractivity contribution is 6.51. The van der Waals surface area contributed by atoms with Crippen LogP contribution in [0.3, 0.4) is 0 Å². The minimum Gasteiger partial charge on any atom is -0.506 e. The number of rotatable bonds is 5. The molecule has 2 aromatic carbocycles. The van der Waals surface area contributed by atoms with Crippen LogP contribution >= 0.6 is 11.6 Å². The van der Waals surface area contributed by atoms with Crippen molar-refractivity contribution in [2.45, 2.75) is 6.04 Å². The van der Waals surface area contributed by atoms with Crippen LogP contribution in [0, 0.1) is 0 Å². The molecule has 1 atom stereocenters. The Hall–Kier alpha value is -3.84. The standard InChI is InChI=1S/C24H19ClN2O5/c1-31-17-10-6-11-18(32-2)19(17)22(28)20-21(16-9-3-4-12-26-16)27(24(30)23(20)29)15-8-5-7-14(25)13-15/h3-13,21,28H,1-2H3/b22-20+. The summed E-state index contributed by atoms with van der Waals surface area (Å²) in [5, 5.41) is 11.7. The highest BCUT2D eigenvalue weighted by Crippen LogP contribution is 2.44. The van der Waals surface area contributed by atoms with Gasteiger partial charge in [0.2, 0.25) is 0 Å². The Morgan fingerprint density at radius 2 is 1.69 bits per heavy atom. The van der Waals surface area contributed by atoms with Crippen LogP contribution in [0.5, 0.6) is 11.5 Å². The molecule has 3 aromatic rings. The SMILES string of the molecule is COc1cccc(OC)c1/C(O)=C1\C(=O)C(=O)N(c2cccc(Cl)c2)C1c1ccccn1. The van der Waals surface area contributed by atoms with Crippen LogP contribution in [0.1, 0.15) is 17.3 Å². The predicted octanol–water partition coefficient (Wildman–Crippen LogP) is 4.38. The molecule has 1 amide bonds. The van der Waals surface area contributed by atoms with Gasteiger partial charge in [-0.15, -0.1) is 0 Å². The summed E-state index contributed by atoms with van der Waals surface area (Å²) >= 11 is 6.14. The summed E-state index contributed by atoms with van der Waals surface area (Å²) in [6.45, 7) is 0. The molecule has 2 heterocycles. The molecule has 1 fully saturated rings. The van der Waals surface area contributed by atoms with Crippen LogP contribution in [-0.2, 0) is 9.59 Å². The molecule has 1 saturated heterocycles. The van der Waals surface area contributed by atoms with E-state index in [1.807, 2.05) is 0 Å². The van der Waals surface area contributed by atoms with E-state index in [0.717, 1.165) is 0 Å². The Labute approximate surface area is 189 Å². The average Bonchev–Trinajstić information content (AvgIpc) is 3.09. The predicted molar refractivity (Wildman–Crippen MR) is 120 cm³/mol. The van der Waals surface area contributed by atoms with Crippen molar-refractivity contribution in [2.24, 2.45) is 0 Å². The molecule has 7 nitrogen and oxygen atoms in total. The first-order valence-corrected chi connectivity index (χ1v) is 10.0. The molecule has 1 aliphatic rings. The minimum atomic E-state index is -0.982. The van der Waals surface area contributed by atoms with E-state index in [4.69, 9.17) is 21.1 Å². The van der Waals surface area contributed by atoms with Gasteiger partial charge in [0.05, 0.1) is 25.5 Å². The number of amides is 1. The molecule has 32 heavy (non-hydrogen) atoms. The first-order valence-electron chi connectivity index (χ1n) is 9.66. The maximum Gasteiger partial charge on any atom is 0.300 e. The Balaban J connectivity index is 2.01. The number of halogens is 1. The van der Waals surface area contributed by atoms with Crippen LogP contribution in [0.4, 0.5) is 5.69 Å². The number of Topliss-reactive ketones (excluding diaryl/α,β-unsaturated/α-hetero) is 1. The summed E-state index contributed by atoms with van der Waals surface area (Å²) in [5.74, 6) is -1.51. The van der Waals surface area contributed by atoms with Gasteiger partial charge in [-0.2, -0.15) is 0 Å². The normalized spacial score (nSPS) is 17.5. The Morgan fingerprint density at radius 3 is 2.28 bits per heavy atom. The lowest BCUT2D eigenvalue weighted by atomic mass is 9.97. The molecule has 162 valence electrons. The van der Waals surface area contributed by atoms with Gasteiger partial charge < -0.3 is 14.6 Å². The van der Waals surface area contributed by atoms with Crippen LogP contribution in [-0.4, -0.2) is 36.0 Å². The summed E-state index contributed by atoms with van der Waals surface area (Å²) < 4.78 is 10.8. The average molecular weight is 451 g/mol. The number of aliphatic hydroxyl groups excluding tert-OH is 1. The van der Waals surface area contributed by atoms with Crippen molar-refractivity contribution in [3.63, 3.8) is 0 Å². The van der Waals surface area contributed by atoms with Gasteiger partial charge in [0.15, 0.2) is 0 Å². The number of nitrogens with zero attached hydrogens (tertiary/aromatic N) is 2. The number of anilines is 1. The number of hydrogen-bond acceptors (Lipinski definition) is 6. The van der Waals surface area contributed by atoms with E-state index in [-0.39, 0.29) is 22.6 Å². The van der Waals surface area contributed by atoms with Gasteiger partial charge in [0.1, 0.15) is 28.9 Å². The molecule has 1 unspecified atom stereocenters. The number of aromatic nitrogens is 1. The highest BCUT2D eigenvalue weighted by atomic mass is 35.5. The lowest BCUT2D eigenvalue weighted by Gasteiger charge is -2.25. The van der Waals surface area contributed by atoms with Gasteiger partial charge in [-0.05, 0) is 42.5 Å². The third kappa shape index (κ3) is 3.56. The van der Waals surface area contributed by atoms with Crippen LogP contribution in [0.2, 0.25) is 5.02 Å². The summed E-state index contributed by atoms with van der Waals surface area (Å²) in [7, 11) is 2.87. The van der Waals surface area contributed by atoms with E-state index < -0.39 is 23.5 Å². The van der Waals surface area contributed by atoms with E-state index in [1.165, 1.54) is 19.1 Å². The third-order valence-electron chi connectivity index (χ3n) is 5.16. The molecule has 1 aliphatic heterocycles. The van der Waals surface area contributed by atoms with E-state index in [0.29, 0.717) is 16.4 Å². The smallest absolute Gasteiger partial charge is 0.300 e. The number of benzene rings is 2. The monoisotopic (exact) mass is 450 g/mol. The van der Waals surface area contributed by atoms with Gasteiger partial charge in [0.25, 0.3) is 11.7 Å². The Morgan fingerprint density at radius 1 is 1.00 bits per heavy atom. The van der Waals surface area contributed by atoms with Gasteiger partial charge in [-0.1, -0.05) is 29.8 Å². The topological polar surface area (TPSA) is 89.0 Å². The summed E-state index contributed by atoms with van der Waals surface area (Å²) in [6.07, 6.45) is 1.55. The molecular weight excluding hydrogens is 432 g/mol. The van der Waals surface area contributed by atoms with E-state index in [2.05, 4.69) is 4.98 Å². The van der Waals surface area contributed by atoms with Crippen molar-refractivity contribution in [2.75, 3.05) is 19.1 Å². The number of aliphatic hydroxyl groups is 1. The second kappa shape index (κ2) is 8.72. The lowest BCUT2D eigenvalue weighted by molar-refractivity contribution is -0.132. The maximum absolute atomic E-state index is 13.2. The van der Waals surface area contributed by atoms with Crippen LogP contribution in [0.25, 0.3) is 5.76 Å².